The van der Waals surface area contributed by atoms with Gasteiger partial charge < -0.3 is 10.6 Å². The largest absolute Gasteiger partial charge is 0.360 e. The van der Waals surface area contributed by atoms with E-state index in [2.05, 4.69) is 26.6 Å². The van der Waals surface area contributed by atoms with Crippen LogP contribution in [0.15, 0.2) is 52.6 Å². The summed E-state index contributed by atoms with van der Waals surface area (Å²) in [4.78, 5) is 12.4. The molecule has 1 amide bonds. The highest BCUT2D eigenvalue weighted by Gasteiger charge is 2.12. The van der Waals surface area contributed by atoms with Gasteiger partial charge >= 0.3 is 0 Å². The second-order valence-corrected chi connectivity index (χ2v) is 6.47. The highest BCUT2D eigenvalue weighted by Crippen LogP contribution is 2.22. The summed E-state index contributed by atoms with van der Waals surface area (Å²) in [6.07, 6.45) is 1.41. The molecule has 122 valence electrons. The molecule has 0 fully saturated rings. The lowest BCUT2D eigenvalue weighted by Gasteiger charge is -2.12. The number of nitriles is 1. The van der Waals surface area contributed by atoms with Crippen molar-refractivity contribution in [2.75, 3.05) is 10.6 Å². The zero-order valence-electron chi connectivity index (χ0n) is 13.8. The average molecular weight is 384 g/mol. The second-order valence-electron chi connectivity index (χ2n) is 5.55. The maximum Gasteiger partial charge on any atom is 0.267 e. The molecule has 0 saturated carbocycles. The third kappa shape index (κ3) is 4.46. The van der Waals surface area contributed by atoms with Crippen LogP contribution in [0, 0.1) is 32.1 Å². The van der Waals surface area contributed by atoms with E-state index in [1.165, 1.54) is 6.20 Å². The maximum atomic E-state index is 12.4. The summed E-state index contributed by atoms with van der Waals surface area (Å²) in [5, 5.41) is 15.1. The molecule has 0 spiro atoms. The van der Waals surface area contributed by atoms with Gasteiger partial charge in [0.1, 0.15) is 11.6 Å². The first-order valence-corrected chi connectivity index (χ1v) is 8.21. The third-order valence-electron chi connectivity index (χ3n) is 3.49. The van der Waals surface area contributed by atoms with Crippen molar-refractivity contribution in [1.82, 2.24) is 0 Å². The topological polar surface area (TPSA) is 64.9 Å². The highest BCUT2D eigenvalue weighted by atomic mass is 79.9. The molecule has 0 aliphatic heterocycles. The molecule has 2 rings (SSSR count). The van der Waals surface area contributed by atoms with E-state index < -0.39 is 5.91 Å². The number of carbonyl (C=O) groups is 1. The molecule has 5 heteroatoms. The Bertz CT molecular complexity index is 827. The highest BCUT2D eigenvalue weighted by molar-refractivity contribution is 9.10. The van der Waals surface area contributed by atoms with Crippen molar-refractivity contribution in [2.45, 2.75) is 20.8 Å². The van der Waals surface area contributed by atoms with Crippen molar-refractivity contribution in [3.8, 4) is 6.07 Å². The van der Waals surface area contributed by atoms with Crippen molar-refractivity contribution >= 4 is 33.2 Å². The van der Waals surface area contributed by atoms with Gasteiger partial charge in [0.05, 0.1) is 0 Å². The lowest BCUT2D eigenvalue weighted by molar-refractivity contribution is -0.112. The lowest BCUT2D eigenvalue weighted by atomic mass is 10.0. The smallest absolute Gasteiger partial charge is 0.267 e. The number of hydrogen-bond acceptors (Lipinski definition) is 3. The monoisotopic (exact) mass is 383 g/mol. The van der Waals surface area contributed by atoms with E-state index in [9.17, 15) is 10.1 Å². The summed E-state index contributed by atoms with van der Waals surface area (Å²) in [6, 6.07) is 13.4. The molecule has 0 saturated heterocycles. The summed E-state index contributed by atoms with van der Waals surface area (Å²) in [6.45, 7) is 5.88. The van der Waals surface area contributed by atoms with Crippen LogP contribution in [-0.2, 0) is 4.79 Å². The van der Waals surface area contributed by atoms with Crippen LogP contribution in [0.1, 0.15) is 16.7 Å². The normalized spacial score (nSPS) is 10.9. The van der Waals surface area contributed by atoms with Crippen molar-refractivity contribution in [3.63, 3.8) is 0 Å². The Morgan fingerprint density at radius 1 is 1.17 bits per heavy atom. The molecule has 0 aliphatic carbocycles. The number of carbonyl (C=O) groups excluding carboxylic acids is 1. The van der Waals surface area contributed by atoms with Gasteiger partial charge in [-0.1, -0.05) is 39.7 Å². The molecule has 0 unspecified atom stereocenters. The molecule has 2 aromatic rings. The third-order valence-corrected chi connectivity index (χ3v) is 3.98. The van der Waals surface area contributed by atoms with Crippen molar-refractivity contribution < 1.29 is 4.79 Å². The summed E-state index contributed by atoms with van der Waals surface area (Å²) in [5.74, 6) is -0.435. The molecule has 0 radical (unpaired) electrons. The SMILES string of the molecule is Cc1cc(C)c(NC(=O)/C(C#N)=C\Nc2cccc(Br)c2)c(C)c1. The molecule has 0 aliphatic rings. The molecular formula is C19H18BrN3O. The van der Waals surface area contributed by atoms with Gasteiger partial charge in [-0.3, -0.25) is 4.79 Å². The van der Waals surface area contributed by atoms with Gasteiger partial charge in [-0.15, -0.1) is 0 Å². The molecule has 0 aromatic heterocycles. The van der Waals surface area contributed by atoms with Gasteiger partial charge in [-0.2, -0.15) is 5.26 Å². The van der Waals surface area contributed by atoms with Crippen LogP contribution in [0.25, 0.3) is 0 Å². The number of anilines is 2. The number of nitrogens with zero attached hydrogens (tertiary/aromatic N) is 1. The number of halogens is 1. The zero-order valence-corrected chi connectivity index (χ0v) is 15.4. The van der Waals surface area contributed by atoms with Crippen molar-refractivity contribution in [1.29, 1.82) is 5.26 Å². The fourth-order valence-electron chi connectivity index (χ4n) is 2.44. The van der Waals surface area contributed by atoms with Crippen LogP contribution in [-0.4, -0.2) is 5.91 Å². The van der Waals surface area contributed by atoms with Crippen LogP contribution in [0.4, 0.5) is 11.4 Å². The minimum Gasteiger partial charge on any atom is -0.360 e. The number of aryl methyl sites for hydroxylation is 3. The Morgan fingerprint density at radius 3 is 2.42 bits per heavy atom. The quantitative estimate of drug-likeness (QED) is 0.586. The minimum atomic E-state index is -0.435. The fraction of sp³-hybridized carbons (Fsp3) is 0.158. The van der Waals surface area contributed by atoms with E-state index >= 15 is 0 Å². The minimum absolute atomic E-state index is 0.00866. The first-order valence-electron chi connectivity index (χ1n) is 7.42. The maximum absolute atomic E-state index is 12.4. The van der Waals surface area contributed by atoms with Gasteiger partial charge in [-0.25, -0.2) is 0 Å². The molecule has 2 N–H and O–H groups in total. The Morgan fingerprint density at radius 2 is 1.83 bits per heavy atom. The Labute approximate surface area is 150 Å². The first-order chi connectivity index (χ1) is 11.4. The summed E-state index contributed by atoms with van der Waals surface area (Å²) in [7, 11) is 0. The average Bonchev–Trinajstić information content (AvgIpc) is 2.51. The Hall–Kier alpha value is -2.58. The molecule has 0 heterocycles. The van der Waals surface area contributed by atoms with Crippen molar-refractivity contribution in [2.24, 2.45) is 0 Å². The van der Waals surface area contributed by atoms with Gasteiger partial charge in [0.15, 0.2) is 0 Å². The number of benzene rings is 2. The molecule has 0 bridgehead atoms. The molecule has 24 heavy (non-hydrogen) atoms. The molecule has 0 atom stereocenters. The number of hydrogen-bond donors (Lipinski definition) is 2. The van der Waals surface area contributed by atoms with Gasteiger partial charge in [0, 0.05) is 22.0 Å². The Kier molecular flexibility index (Phi) is 5.78. The second kappa shape index (κ2) is 7.80. The molecule has 4 nitrogen and oxygen atoms in total. The molecular weight excluding hydrogens is 366 g/mol. The van der Waals surface area contributed by atoms with Gasteiger partial charge in [0.2, 0.25) is 0 Å². The van der Waals surface area contributed by atoms with Crippen LogP contribution in [0.2, 0.25) is 0 Å². The van der Waals surface area contributed by atoms with E-state index in [4.69, 9.17) is 0 Å². The van der Waals surface area contributed by atoms with E-state index in [1.54, 1.807) is 0 Å². The summed E-state index contributed by atoms with van der Waals surface area (Å²) in [5.41, 5.74) is 4.61. The number of nitrogens with one attached hydrogen (secondary N) is 2. The summed E-state index contributed by atoms with van der Waals surface area (Å²) < 4.78 is 0.912. The van der Waals surface area contributed by atoms with Crippen LogP contribution in [0.3, 0.4) is 0 Å². The van der Waals surface area contributed by atoms with Crippen LogP contribution in [0.5, 0.6) is 0 Å². The van der Waals surface area contributed by atoms with Gasteiger partial charge in [-0.05, 0) is 50.1 Å². The van der Waals surface area contributed by atoms with E-state index in [-0.39, 0.29) is 5.57 Å². The predicted molar refractivity (Wildman–Crippen MR) is 101 cm³/mol. The van der Waals surface area contributed by atoms with Gasteiger partial charge in [0.25, 0.3) is 5.91 Å². The fourth-order valence-corrected chi connectivity index (χ4v) is 2.84. The van der Waals surface area contributed by atoms with Crippen LogP contribution < -0.4 is 10.6 Å². The zero-order chi connectivity index (χ0) is 17.7. The van der Waals surface area contributed by atoms with Crippen molar-refractivity contribution in [3.05, 3.63) is 69.3 Å². The lowest BCUT2D eigenvalue weighted by Crippen LogP contribution is -2.16. The summed E-state index contributed by atoms with van der Waals surface area (Å²) >= 11 is 3.38. The van der Waals surface area contributed by atoms with Crippen LogP contribution >= 0.6 is 15.9 Å². The predicted octanol–water partition coefficient (Wildman–Crippen LogP) is 4.83. The van der Waals surface area contributed by atoms with E-state index in [1.807, 2.05) is 63.2 Å². The standard InChI is InChI=1S/C19H18BrN3O/c1-12-7-13(2)18(14(3)8-12)23-19(24)15(10-21)11-22-17-6-4-5-16(20)9-17/h4-9,11,22H,1-3H3,(H,23,24)/b15-11-. The number of amides is 1. The first kappa shape index (κ1) is 17.8. The number of rotatable bonds is 4. The van der Waals surface area contributed by atoms with E-state index in [0.717, 1.165) is 32.5 Å². The van der Waals surface area contributed by atoms with E-state index in [0.29, 0.717) is 0 Å². The molecule has 2 aromatic carbocycles. The Balaban J connectivity index is 2.18.